The van der Waals surface area contributed by atoms with E-state index in [0.717, 1.165) is 12.3 Å². The van der Waals surface area contributed by atoms with Gasteiger partial charge in [-0.15, -0.1) is 0 Å². The molecular formula is C14H27NO. The number of hydrogen-bond donors (Lipinski definition) is 1. The normalized spacial score (nSPS) is 18.6. The van der Waals surface area contributed by atoms with Crippen LogP contribution in [0.25, 0.3) is 0 Å². The smallest absolute Gasteiger partial charge is 0.223 e. The van der Waals surface area contributed by atoms with Gasteiger partial charge in [0.25, 0.3) is 0 Å². The van der Waals surface area contributed by atoms with Gasteiger partial charge in [0.15, 0.2) is 0 Å². The van der Waals surface area contributed by atoms with Gasteiger partial charge in [0.2, 0.25) is 5.91 Å². The van der Waals surface area contributed by atoms with Gasteiger partial charge >= 0.3 is 0 Å². The summed E-state index contributed by atoms with van der Waals surface area (Å²) in [5.41, 5.74) is 0.0772. The van der Waals surface area contributed by atoms with Gasteiger partial charge in [0, 0.05) is 12.0 Å². The van der Waals surface area contributed by atoms with Crippen LogP contribution < -0.4 is 5.32 Å². The minimum atomic E-state index is 0.0772. The van der Waals surface area contributed by atoms with Gasteiger partial charge < -0.3 is 5.32 Å². The van der Waals surface area contributed by atoms with Crippen LogP contribution in [0.1, 0.15) is 60.3 Å². The first-order chi connectivity index (χ1) is 7.30. The van der Waals surface area contributed by atoms with Gasteiger partial charge in [-0.2, -0.15) is 0 Å². The molecule has 1 aliphatic rings. The average molecular weight is 225 g/mol. The molecule has 1 N–H and O–H groups in total. The van der Waals surface area contributed by atoms with Gasteiger partial charge in [0.1, 0.15) is 0 Å². The lowest BCUT2D eigenvalue weighted by Gasteiger charge is -2.30. The van der Waals surface area contributed by atoms with Crippen LogP contribution in [-0.2, 0) is 4.79 Å². The van der Waals surface area contributed by atoms with E-state index in [1.165, 1.54) is 19.3 Å². The number of carbonyl (C=O) groups is 1. The average Bonchev–Trinajstić information content (AvgIpc) is 2.83. The second-order valence-corrected chi connectivity index (χ2v) is 6.60. The van der Waals surface area contributed by atoms with Crippen LogP contribution in [-0.4, -0.2) is 11.9 Å². The predicted octanol–water partition coefficient (Wildman–Crippen LogP) is 3.36. The molecule has 0 heterocycles. The van der Waals surface area contributed by atoms with Crippen molar-refractivity contribution in [2.24, 2.45) is 17.3 Å². The standard InChI is InChI=1S/C14H27NO/c1-10(2)15-13(16)12(14(3,4)5)9-8-11-6-7-11/h10-12H,6-9H2,1-5H3,(H,15,16). The molecule has 0 aromatic rings. The highest BCUT2D eigenvalue weighted by Crippen LogP contribution is 2.38. The molecule has 0 aromatic heterocycles. The third-order valence-electron chi connectivity index (χ3n) is 3.35. The zero-order valence-electron chi connectivity index (χ0n) is 11.5. The van der Waals surface area contributed by atoms with Crippen molar-refractivity contribution in [1.29, 1.82) is 0 Å². The molecule has 0 spiro atoms. The lowest BCUT2D eigenvalue weighted by molar-refractivity contribution is -0.129. The lowest BCUT2D eigenvalue weighted by atomic mass is 9.77. The van der Waals surface area contributed by atoms with Crippen molar-refractivity contribution < 1.29 is 4.79 Å². The maximum Gasteiger partial charge on any atom is 0.223 e. The van der Waals surface area contributed by atoms with E-state index < -0.39 is 0 Å². The van der Waals surface area contributed by atoms with Crippen LogP contribution in [0, 0.1) is 17.3 Å². The Labute approximate surface area is 100 Å². The minimum Gasteiger partial charge on any atom is -0.354 e. The van der Waals surface area contributed by atoms with Crippen LogP contribution in [0.2, 0.25) is 0 Å². The summed E-state index contributed by atoms with van der Waals surface area (Å²) in [5.74, 6) is 1.32. The molecule has 2 heteroatoms. The van der Waals surface area contributed by atoms with E-state index in [-0.39, 0.29) is 23.3 Å². The third kappa shape index (κ3) is 4.54. The van der Waals surface area contributed by atoms with E-state index in [1.54, 1.807) is 0 Å². The summed E-state index contributed by atoms with van der Waals surface area (Å²) >= 11 is 0. The number of hydrogen-bond acceptors (Lipinski definition) is 1. The van der Waals surface area contributed by atoms with Crippen molar-refractivity contribution >= 4 is 5.91 Å². The summed E-state index contributed by atoms with van der Waals surface area (Å²) in [6.07, 6.45) is 5.03. The molecule has 94 valence electrons. The summed E-state index contributed by atoms with van der Waals surface area (Å²) in [6.45, 7) is 10.6. The maximum absolute atomic E-state index is 12.1. The van der Waals surface area contributed by atoms with E-state index in [1.807, 2.05) is 13.8 Å². The Morgan fingerprint density at radius 2 is 1.88 bits per heavy atom. The SMILES string of the molecule is CC(C)NC(=O)C(CCC1CC1)C(C)(C)C. The zero-order valence-corrected chi connectivity index (χ0v) is 11.5. The molecular weight excluding hydrogens is 198 g/mol. The molecule has 0 aliphatic heterocycles. The Hall–Kier alpha value is -0.530. The molecule has 1 atom stereocenters. The molecule has 1 unspecified atom stereocenters. The first kappa shape index (κ1) is 13.5. The number of amides is 1. The lowest BCUT2D eigenvalue weighted by Crippen LogP contribution is -2.41. The summed E-state index contributed by atoms with van der Waals surface area (Å²) in [6, 6.07) is 0.248. The van der Waals surface area contributed by atoms with Gasteiger partial charge in [-0.3, -0.25) is 4.79 Å². The first-order valence-electron chi connectivity index (χ1n) is 6.61. The van der Waals surface area contributed by atoms with Gasteiger partial charge in [0.05, 0.1) is 0 Å². The van der Waals surface area contributed by atoms with Crippen LogP contribution >= 0.6 is 0 Å². The Morgan fingerprint density at radius 3 is 2.25 bits per heavy atom. The van der Waals surface area contributed by atoms with Crippen LogP contribution in [0.4, 0.5) is 0 Å². The summed E-state index contributed by atoms with van der Waals surface area (Å²) in [7, 11) is 0. The number of carbonyl (C=O) groups excluding carboxylic acids is 1. The topological polar surface area (TPSA) is 29.1 Å². The fourth-order valence-corrected chi connectivity index (χ4v) is 2.15. The second kappa shape index (κ2) is 5.20. The molecule has 2 nitrogen and oxygen atoms in total. The van der Waals surface area contributed by atoms with E-state index in [4.69, 9.17) is 0 Å². The molecule has 1 amide bonds. The van der Waals surface area contributed by atoms with Crippen molar-refractivity contribution in [1.82, 2.24) is 5.32 Å². The quantitative estimate of drug-likeness (QED) is 0.763. The summed E-state index contributed by atoms with van der Waals surface area (Å²) in [4.78, 5) is 12.1. The summed E-state index contributed by atoms with van der Waals surface area (Å²) < 4.78 is 0. The van der Waals surface area contributed by atoms with E-state index in [0.29, 0.717) is 0 Å². The van der Waals surface area contributed by atoms with Crippen LogP contribution in [0.15, 0.2) is 0 Å². The molecule has 1 rings (SSSR count). The highest BCUT2D eigenvalue weighted by molar-refractivity contribution is 5.79. The van der Waals surface area contributed by atoms with E-state index >= 15 is 0 Å². The Morgan fingerprint density at radius 1 is 1.31 bits per heavy atom. The third-order valence-corrected chi connectivity index (χ3v) is 3.35. The molecule has 0 bridgehead atoms. The molecule has 1 aliphatic carbocycles. The van der Waals surface area contributed by atoms with E-state index in [9.17, 15) is 4.79 Å². The Bertz CT molecular complexity index is 236. The van der Waals surface area contributed by atoms with Crippen molar-refractivity contribution in [3.63, 3.8) is 0 Å². The first-order valence-corrected chi connectivity index (χ1v) is 6.61. The van der Waals surface area contributed by atoms with Crippen molar-refractivity contribution in [3.8, 4) is 0 Å². The van der Waals surface area contributed by atoms with Gasteiger partial charge in [-0.05, 0) is 38.0 Å². The second-order valence-electron chi connectivity index (χ2n) is 6.60. The largest absolute Gasteiger partial charge is 0.354 e. The maximum atomic E-state index is 12.1. The zero-order chi connectivity index (χ0) is 12.3. The number of nitrogens with one attached hydrogen (secondary N) is 1. The molecule has 1 fully saturated rings. The number of rotatable bonds is 5. The monoisotopic (exact) mass is 225 g/mol. The molecule has 0 saturated heterocycles. The van der Waals surface area contributed by atoms with Crippen LogP contribution in [0.5, 0.6) is 0 Å². The van der Waals surface area contributed by atoms with Crippen LogP contribution in [0.3, 0.4) is 0 Å². The highest BCUT2D eigenvalue weighted by Gasteiger charge is 2.33. The molecule has 1 saturated carbocycles. The minimum absolute atomic E-state index is 0.0772. The molecule has 0 aromatic carbocycles. The molecule has 0 radical (unpaired) electrons. The Kier molecular flexibility index (Phi) is 4.40. The van der Waals surface area contributed by atoms with Gasteiger partial charge in [-0.1, -0.05) is 33.6 Å². The van der Waals surface area contributed by atoms with E-state index in [2.05, 4.69) is 26.1 Å². The summed E-state index contributed by atoms with van der Waals surface area (Å²) in [5, 5.41) is 3.05. The highest BCUT2D eigenvalue weighted by atomic mass is 16.1. The van der Waals surface area contributed by atoms with Crippen molar-refractivity contribution in [3.05, 3.63) is 0 Å². The van der Waals surface area contributed by atoms with Gasteiger partial charge in [-0.25, -0.2) is 0 Å². The van der Waals surface area contributed by atoms with Crippen molar-refractivity contribution in [2.45, 2.75) is 66.3 Å². The van der Waals surface area contributed by atoms with Crippen molar-refractivity contribution in [2.75, 3.05) is 0 Å². The predicted molar refractivity (Wildman–Crippen MR) is 68.2 cm³/mol. The Balaban J connectivity index is 2.51. The fourth-order valence-electron chi connectivity index (χ4n) is 2.15. The fraction of sp³-hybridized carbons (Fsp3) is 0.929. The molecule has 16 heavy (non-hydrogen) atoms.